The third-order valence-electron chi connectivity index (χ3n) is 2.03. The van der Waals surface area contributed by atoms with Crippen LogP contribution in [0.2, 0.25) is 0 Å². The minimum atomic E-state index is -0.392. The summed E-state index contributed by atoms with van der Waals surface area (Å²) < 4.78 is 19.2. The van der Waals surface area contributed by atoms with E-state index in [2.05, 4.69) is 10.1 Å². The van der Waals surface area contributed by atoms with Crippen LogP contribution in [0.3, 0.4) is 0 Å². The first-order valence-electron chi connectivity index (χ1n) is 4.75. The summed E-state index contributed by atoms with van der Waals surface area (Å²) >= 11 is 1.03. The second-order valence-electron chi connectivity index (χ2n) is 3.18. The van der Waals surface area contributed by atoms with Gasteiger partial charge in [-0.15, -0.1) is 0 Å². The van der Waals surface area contributed by atoms with Crippen molar-refractivity contribution in [1.82, 2.24) is 14.8 Å². The number of halogens is 1. The van der Waals surface area contributed by atoms with E-state index in [4.69, 9.17) is 4.42 Å². The number of oxazole rings is 1. The molecule has 2 heterocycles. The summed E-state index contributed by atoms with van der Waals surface area (Å²) in [6, 6.07) is 1.80. The summed E-state index contributed by atoms with van der Waals surface area (Å²) in [6.07, 6.45) is 2.12. The zero-order valence-corrected chi connectivity index (χ0v) is 12.6. The van der Waals surface area contributed by atoms with Crippen molar-refractivity contribution >= 4 is 27.1 Å². The molecule has 1 radical (unpaired) electrons. The van der Waals surface area contributed by atoms with Crippen LogP contribution in [0, 0.1) is 6.92 Å². The van der Waals surface area contributed by atoms with Crippen molar-refractivity contribution < 1.29 is 8.81 Å². The standard InChI is InChI=1S/C9H10FN3OS.Ga.H/c1-6-11-8(9(15)14-6)13-5-3-7(12-13)2-4-10;;/h3,5,15H,2,4H2,1H3;;/q;+1;/p-1. The molecular formula is C9H10FGaN3OS. The summed E-state index contributed by atoms with van der Waals surface area (Å²) in [6.45, 7) is 1.41. The Balaban J connectivity index is 2.34. The molecule has 7 heteroatoms. The molecule has 4 nitrogen and oxygen atoms in total. The molecule has 2 aromatic rings. The van der Waals surface area contributed by atoms with E-state index in [0.29, 0.717) is 18.1 Å². The van der Waals surface area contributed by atoms with Gasteiger partial charge in [-0.25, -0.2) is 0 Å². The van der Waals surface area contributed by atoms with E-state index < -0.39 is 6.67 Å². The van der Waals surface area contributed by atoms with Crippen LogP contribution >= 0.6 is 9.70 Å². The molecule has 0 saturated carbocycles. The molecule has 0 spiro atoms. The Morgan fingerprint density at radius 1 is 1.62 bits per heavy atom. The zero-order valence-electron chi connectivity index (χ0n) is 8.81. The Bertz CT molecular complexity index is 485. The van der Waals surface area contributed by atoms with Crippen molar-refractivity contribution in [3.8, 4) is 5.82 Å². The van der Waals surface area contributed by atoms with E-state index in [0.717, 1.165) is 28.2 Å². The summed E-state index contributed by atoms with van der Waals surface area (Å²) in [4.78, 5) is 4.26. The molecule has 0 unspecified atom stereocenters. The van der Waals surface area contributed by atoms with Crippen LogP contribution in [0.1, 0.15) is 11.6 Å². The van der Waals surface area contributed by atoms with Gasteiger partial charge in [0.25, 0.3) is 0 Å². The number of alkyl halides is 1. The second kappa shape index (κ2) is 5.11. The van der Waals surface area contributed by atoms with Crippen LogP contribution in [0.25, 0.3) is 5.82 Å². The van der Waals surface area contributed by atoms with Crippen LogP contribution in [-0.4, -0.2) is 38.8 Å². The van der Waals surface area contributed by atoms with Crippen molar-refractivity contribution in [2.75, 3.05) is 6.67 Å². The van der Waals surface area contributed by atoms with Gasteiger partial charge >= 0.3 is 105 Å². The fourth-order valence-corrected chi connectivity index (χ4v) is 2.98. The SMILES string of the molecule is Cc1nc(-n2ccc(CCF)n2)c([S][GaH])o1. The molecule has 2 aromatic heterocycles. The first-order valence-corrected chi connectivity index (χ1v) is 9.37. The first kappa shape index (κ1) is 11.8. The topological polar surface area (TPSA) is 43.9 Å². The molecule has 2 rings (SSSR count). The summed E-state index contributed by atoms with van der Waals surface area (Å²) in [5.74, 6) is 1.31. The van der Waals surface area contributed by atoms with Crippen molar-refractivity contribution in [3.63, 3.8) is 0 Å². The molecule has 0 bridgehead atoms. The molecule has 83 valence electrons. The van der Waals surface area contributed by atoms with Gasteiger partial charge in [0.2, 0.25) is 0 Å². The van der Waals surface area contributed by atoms with Gasteiger partial charge in [-0.05, 0) is 0 Å². The molecule has 0 aliphatic heterocycles. The number of hydrogen-bond donors (Lipinski definition) is 0. The van der Waals surface area contributed by atoms with E-state index in [-0.39, 0.29) is 0 Å². The molecule has 0 aliphatic carbocycles. The third-order valence-corrected chi connectivity index (χ3v) is 4.21. The Kier molecular flexibility index (Phi) is 3.77. The van der Waals surface area contributed by atoms with Gasteiger partial charge in [0, 0.05) is 0 Å². The molecule has 0 N–H and O–H groups in total. The molecule has 16 heavy (non-hydrogen) atoms. The molecule has 0 fully saturated rings. The maximum atomic E-state index is 12.2. The van der Waals surface area contributed by atoms with Crippen molar-refractivity contribution in [2.45, 2.75) is 18.4 Å². The van der Waals surface area contributed by atoms with Crippen molar-refractivity contribution in [2.24, 2.45) is 0 Å². The van der Waals surface area contributed by atoms with E-state index >= 15 is 0 Å². The average molecular weight is 297 g/mol. The fraction of sp³-hybridized carbons (Fsp3) is 0.333. The average Bonchev–Trinajstić information content (AvgIpc) is 2.85. The van der Waals surface area contributed by atoms with E-state index in [9.17, 15) is 4.39 Å². The van der Waals surface area contributed by atoms with E-state index in [1.165, 1.54) is 0 Å². The monoisotopic (exact) mass is 296 g/mol. The Morgan fingerprint density at radius 2 is 2.44 bits per heavy atom. The van der Waals surface area contributed by atoms with Gasteiger partial charge in [0.15, 0.2) is 0 Å². The number of nitrogens with zero attached hydrogens (tertiary/aromatic N) is 3. The first-order chi connectivity index (χ1) is 7.74. The quantitative estimate of drug-likeness (QED) is 0.804. The van der Waals surface area contributed by atoms with Gasteiger partial charge in [0.05, 0.1) is 0 Å². The fourth-order valence-electron chi connectivity index (χ4n) is 1.35. The van der Waals surface area contributed by atoms with E-state index in [1.807, 2.05) is 0 Å². The molecule has 0 saturated heterocycles. The van der Waals surface area contributed by atoms with Gasteiger partial charge in [0.1, 0.15) is 0 Å². The minimum absolute atomic E-state index is 0.340. The third kappa shape index (κ3) is 2.36. The number of aryl methyl sites for hydroxylation is 2. The zero-order chi connectivity index (χ0) is 11.5. The van der Waals surface area contributed by atoms with Gasteiger partial charge in [-0.3, -0.25) is 0 Å². The van der Waals surface area contributed by atoms with Gasteiger partial charge in [-0.2, -0.15) is 0 Å². The van der Waals surface area contributed by atoms with Crippen molar-refractivity contribution in [1.29, 1.82) is 0 Å². The van der Waals surface area contributed by atoms with Crippen molar-refractivity contribution in [3.05, 3.63) is 23.8 Å². The summed E-state index contributed by atoms with van der Waals surface area (Å²) in [7, 11) is 1.59. The molecule has 0 aromatic carbocycles. The molecule has 0 amide bonds. The van der Waals surface area contributed by atoms with Crippen LogP contribution in [0.5, 0.6) is 0 Å². The van der Waals surface area contributed by atoms with Crippen LogP contribution in [-0.2, 0) is 6.42 Å². The molecular weight excluding hydrogens is 287 g/mol. The number of rotatable bonds is 4. The number of aromatic nitrogens is 3. The number of hydrogen-bond acceptors (Lipinski definition) is 4. The van der Waals surface area contributed by atoms with Crippen LogP contribution in [0.4, 0.5) is 4.39 Å². The van der Waals surface area contributed by atoms with Crippen LogP contribution in [0.15, 0.2) is 21.8 Å². The Morgan fingerprint density at radius 3 is 3.12 bits per heavy atom. The Labute approximate surface area is 105 Å². The summed E-state index contributed by atoms with van der Waals surface area (Å²) in [5, 5.41) is 5.02. The van der Waals surface area contributed by atoms with Gasteiger partial charge in [-0.1, -0.05) is 0 Å². The predicted octanol–water partition coefficient (Wildman–Crippen LogP) is 1.59. The predicted molar refractivity (Wildman–Crippen MR) is 61.0 cm³/mol. The van der Waals surface area contributed by atoms with Gasteiger partial charge < -0.3 is 0 Å². The maximum absolute atomic E-state index is 12.2. The molecule has 0 aliphatic rings. The second-order valence-corrected chi connectivity index (χ2v) is 5.66. The molecule has 0 atom stereocenters. The Hall–Kier alpha value is -0.664. The normalized spacial score (nSPS) is 10.9. The van der Waals surface area contributed by atoms with E-state index in [1.54, 1.807) is 33.6 Å². The van der Waals surface area contributed by atoms with Crippen LogP contribution < -0.4 is 0 Å². The summed E-state index contributed by atoms with van der Waals surface area (Å²) in [5.41, 5.74) is 0.728.